The number of anilines is 1. The Bertz CT molecular complexity index is 1330. The Morgan fingerprint density at radius 2 is 1.50 bits per heavy atom. The Morgan fingerprint density at radius 1 is 0.857 bits per heavy atom. The van der Waals surface area contributed by atoms with Crippen LogP contribution in [0.3, 0.4) is 0 Å². The van der Waals surface area contributed by atoms with Gasteiger partial charge in [0.15, 0.2) is 23.2 Å². The largest absolute Gasteiger partial charge is 0.454 e. The Balaban J connectivity index is 0.00000242. The van der Waals surface area contributed by atoms with Crippen LogP contribution in [-0.2, 0) is 11.3 Å². The lowest BCUT2D eigenvalue weighted by Gasteiger charge is -2.38. The molecule has 0 saturated carbocycles. The second-order valence-electron chi connectivity index (χ2n) is 10.7. The number of piperazine rings is 1. The van der Waals surface area contributed by atoms with Crippen molar-refractivity contribution in [3.05, 3.63) is 88.7 Å². The molecular formula is C31H37Cl2F3N4O2. The third-order valence-corrected chi connectivity index (χ3v) is 7.97. The standard InChI is InChI=1S/C31H35F3N4O2.2ClH/c1-22-3-6-25(38(21-39)37-15-13-35(2)14-16-37)17-27(22)24-9-11-36(12-10-24)20-23-4-7-26(8-5-23)40-31-19-29(33)28(32)18-30(31)34;;/h3-8,17-19,21,24H,9-16,20H2,1-2H3;2*1H. The molecule has 0 N–H and O–H groups in total. The van der Waals surface area contributed by atoms with Gasteiger partial charge in [-0.1, -0.05) is 18.2 Å². The molecule has 0 bridgehead atoms. The Kier molecular flexibility index (Phi) is 12.1. The molecule has 3 aromatic carbocycles. The fraction of sp³-hybridized carbons (Fsp3) is 0.387. The van der Waals surface area contributed by atoms with E-state index in [1.54, 1.807) is 17.1 Å². The summed E-state index contributed by atoms with van der Waals surface area (Å²) >= 11 is 0. The van der Waals surface area contributed by atoms with Crippen LogP contribution in [0, 0.1) is 24.4 Å². The predicted octanol–water partition coefficient (Wildman–Crippen LogP) is 6.55. The van der Waals surface area contributed by atoms with Gasteiger partial charge in [0.05, 0.1) is 5.69 Å². The minimum Gasteiger partial charge on any atom is -0.454 e. The number of rotatable bonds is 8. The van der Waals surface area contributed by atoms with Gasteiger partial charge in [0.2, 0.25) is 6.41 Å². The summed E-state index contributed by atoms with van der Waals surface area (Å²) in [5, 5.41) is 3.88. The number of carbonyl (C=O) groups excluding carboxylic acids is 1. The first-order valence-electron chi connectivity index (χ1n) is 13.7. The molecule has 228 valence electrons. The van der Waals surface area contributed by atoms with Crippen molar-refractivity contribution in [3.63, 3.8) is 0 Å². The molecule has 0 aliphatic carbocycles. The highest BCUT2D eigenvalue weighted by Gasteiger charge is 2.25. The third kappa shape index (κ3) is 7.96. The van der Waals surface area contributed by atoms with Crippen LogP contribution in [0.15, 0.2) is 54.6 Å². The highest BCUT2D eigenvalue weighted by atomic mass is 35.5. The van der Waals surface area contributed by atoms with Crippen molar-refractivity contribution in [3.8, 4) is 11.5 Å². The number of ether oxygens (including phenoxy) is 1. The number of likely N-dealkylation sites (N-methyl/N-ethyl adjacent to an activating group) is 1. The summed E-state index contributed by atoms with van der Waals surface area (Å²) in [6.07, 6.45) is 2.97. The van der Waals surface area contributed by atoms with Gasteiger partial charge in [-0.25, -0.2) is 23.2 Å². The zero-order chi connectivity index (χ0) is 28.2. The highest BCUT2D eigenvalue weighted by Crippen LogP contribution is 2.34. The average Bonchev–Trinajstić information content (AvgIpc) is 2.95. The maximum atomic E-state index is 13.9. The lowest BCUT2D eigenvalue weighted by Crippen LogP contribution is -2.52. The maximum Gasteiger partial charge on any atom is 0.228 e. The van der Waals surface area contributed by atoms with Crippen LogP contribution < -0.4 is 9.75 Å². The molecule has 2 fully saturated rings. The second kappa shape index (κ2) is 15.1. The molecule has 0 aromatic heterocycles. The molecule has 0 spiro atoms. The van der Waals surface area contributed by atoms with E-state index in [1.807, 2.05) is 18.2 Å². The van der Waals surface area contributed by atoms with E-state index in [0.29, 0.717) is 23.8 Å². The highest BCUT2D eigenvalue weighted by molar-refractivity contribution is 5.85. The van der Waals surface area contributed by atoms with Gasteiger partial charge in [-0.15, -0.1) is 24.8 Å². The monoisotopic (exact) mass is 624 g/mol. The first kappa shape index (κ1) is 33.7. The quantitative estimate of drug-likeness (QED) is 0.210. The van der Waals surface area contributed by atoms with Crippen molar-refractivity contribution >= 4 is 36.9 Å². The zero-order valence-corrected chi connectivity index (χ0v) is 25.4. The smallest absolute Gasteiger partial charge is 0.228 e. The van der Waals surface area contributed by atoms with E-state index in [2.05, 4.69) is 40.9 Å². The third-order valence-electron chi connectivity index (χ3n) is 7.97. The van der Waals surface area contributed by atoms with E-state index in [-0.39, 0.29) is 30.6 Å². The van der Waals surface area contributed by atoms with E-state index in [9.17, 15) is 18.0 Å². The molecule has 0 unspecified atom stereocenters. The molecule has 0 radical (unpaired) electrons. The average molecular weight is 626 g/mol. The van der Waals surface area contributed by atoms with E-state index in [0.717, 1.165) is 76.3 Å². The number of carbonyl (C=O) groups is 1. The maximum absolute atomic E-state index is 13.9. The number of hydrazine groups is 1. The van der Waals surface area contributed by atoms with Crippen molar-refractivity contribution in [1.29, 1.82) is 0 Å². The van der Waals surface area contributed by atoms with Gasteiger partial charge in [-0.05, 0) is 86.8 Å². The van der Waals surface area contributed by atoms with Crippen LogP contribution in [0.25, 0.3) is 0 Å². The van der Waals surface area contributed by atoms with E-state index >= 15 is 0 Å². The fourth-order valence-electron chi connectivity index (χ4n) is 5.55. The van der Waals surface area contributed by atoms with Crippen LogP contribution in [0.5, 0.6) is 11.5 Å². The summed E-state index contributed by atoms with van der Waals surface area (Å²) in [5.41, 5.74) is 4.57. The zero-order valence-electron chi connectivity index (χ0n) is 23.8. The van der Waals surface area contributed by atoms with Crippen LogP contribution in [0.2, 0.25) is 0 Å². The van der Waals surface area contributed by atoms with E-state index in [4.69, 9.17) is 4.74 Å². The molecule has 2 aliphatic rings. The summed E-state index contributed by atoms with van der Waals surface area (Å²) in [6.45, 7) is 8.33. The fourth-order valence-corrected chi connectivity index (χ4v) is 5.55. The molecule has 2 saturated heterocycles. The summed E-state index contributed by atoms with van der Waals surface area (Å²) < 4.78 is 45.9. The van der Waals surface area contributed by atoms with Crippen LogP contribution in [0.1, 0.15) is 35.4 Å². The lowest BCUT2D eigenvalue weighted by atomic mass is 9.86. The first-order valence-corrected chi connectivity index (χ1v) is 13.7. The molecule has 1 amide bonds. The molecule has 5 rings (SSSR count). The molecule has 2 aliphatic heterocycles. The summed E-state index contributed by atoms with van der Waals surface area (Å²) in [5.74, 6) is -2.94. The van der Waals surface area contributed by atoms with Crippen LogP contribution in [0.4, 0.5) is 18.9 Å². The van der Waals surface area contributed by atoms with Gasteiger partial charge in [0.25, 0.3) is 0 Å². The Hall–Kier alpha value is -2.82. The number of hydrogen-bond donors (Lipinski definition) is 0. The minimum absolute atomic E-state index is 0. The normalized spacial score (nSPS) is 16.8. The molecule has 6 nitrogen and oxygen atoms in total. The van der Waals surface area contributed by atoms with Gasteiger partial charge < -0.3 is 9.64 Å². The molecule has 0 atom stereocenters. The Morgan fingerprint density at radius 3 is 2.14 bits per heavy atom. The van der Waals surface area contributed by atoms with Gasteiger partial charge in [0.1, 0.15) is 5.75 Å². The Labute approximate surface area is 257 Å². The lowest BCUT2D eigenvalue weighted by molar-refractivity contribution is -0.110. The second-order valence-corrected chi connectivity index (χ2v) is 10.7. The number of hydrogen-bond acceptors (Lipinski definition) is 5. The topological polar surface area (TPSA) is 39.3 Å². The first-order chi connectivity index (χ1) is 19.3. The number of nitrogens with zero attached hydrogens (tertiary/aromatic N) is 4. The molecular weight excluding hydrogens is 588 g/mol. The van der Waals surface area contributed by atoms with Gasteiger partial charge in [-0.2, -0.15) is 0 Å². The van der Waals surface area contributed by atoms with Crippen LogP contribution in [-0.4, -0.2) is 67.5 Å². The van der Waals surface area contributed by atoms with Gasteiger partial charge in [0, 0.05) is 44.9 Å². The van der Waals surface area contributed by atoms with E-state index in [1.165, 1.54) is 11.1 Å². The van der Waals surface area contributed by atoms with Crippen molar-refractivity contribution in [1.82, 2.24) is 14.8 Å². The number of benzene rings is 3. The SMILES string of the molecule is Cc1ccc(N(C=O)N2CCN(C)CC2)cc1C1CCN(Cc2ccc(Oc3cc(F)c(F)cc3F)cc2)CC1.Cl.Cl. The number of aryl methyl sites for hydroxylation is 1. The number of likely N-dealkylation sites (tertiary alicyclic amines) is 1. The van der Waals surface area contributed by atoms with Gasteiger partial charge in [-0.3, -0.25) is 9.69 Å². The van der Waals surface area contributed by atoms with E-state index < -0.39 is 17.5 Å². The van der Waals surface area contributed by atoms with Crippen molar-refractivity contribution in [2.75, 3.05) is 51.3 Å². The number of amides is 1. The summed E-state index contributed by atoms with van der Waals surface area (Å²) in [7, 11) is 2.10. The number of halogens is 5. The summed E-state index contributed by atoms with van der Waals surface area (Å²) in [4.78, 5) is 16.7. The molecule has 2 heterocycles. The molecule has 11 heteroatoms. The van der Waals surface area contributed by atoms with Crippen LogP contribution >= 0.6 is 24.8 Å². The molecule has 3 aromatic rings. The van der Waals surface area contributed by atoms with Crippen molar-refractivity contribution < 1.29 is 22.7 Å². The number of piperidine rings is 1. The van der Waals surface area contributed by atoms with Crippen molar-refractivity contribution in [2.45, 2.75) is 32.2 Å². The molecule has 42 heavy (non-hydrogen) atoms. The minimum atomic E-state index is -1.25. The van der Waals surface area contributed by atoms with Crippen molar-refractivity contribution in [2.24, 2.45) is 0 Å². The van der Waals surface area contributed by atoms with Gasteiger partial charge >= 0.3 is 0 Å². The summed E-state index contributed by atoms with van der Waals surface area (Å²) in [6, 6.07) is 14.8. The predicted molar refractivity (Wildman–Crippen MR) is 163 cm³/mol.